The van der Waals surface area contributed by atoms with Crippen LogP contribution in [0.3, 0.4) is 0 Å². The molecular formula is C10H10Cl2O3S. The monoisotopic (exact) mass is 280 g/mol. The van der Waals surface area contributed by atoms with Crippen molar-refractivity contribution in [3.63, 3.8) is 0 Å². The molecular weight excluding hydrogens is 271 g/mol. The molecule has 0 saturated carbocycles. The molecule has 1 aromatic rings. The molecule has 16 heavy (non-hydrogen) atoms. The lowest BCUT2D eigenvalue weighted by Gasteiger charge is -2.07. The Morgan fingerprint density at radius 3 is 2.62 bits per heavy atom. The van der Waals surface area contributed by atoms with Gasteiger partial charge in [-0.15, -0.1) is 0 Å². The van der Waals surface area contributed by atoms with Crippen molar-refractivity contribution in [3.05, 3.63) is 35.4 Å². The first kappa shape index (κ1) is 13.4. The molecule has 0 unspecified atom stereocenters. The Bertz CT molecular complexity index is 495. The fourth-order valence-corrected chi connectivity index (χ4v) is 2.02. The van der Waals surface area contributed by atoms with Crippen LogP contribution in [0.4, 0.5) is 0 Å². The Balaban J connectivity index is 2.92. The van der Waals surface area contributed by atoms with Crippen LogP contribution in [0.15, 0.2) is 34.7 Å². The second kappa shape index (κ2) is 5.57. The maximum absolute atomic E-state index is 11.1. The van der Waals surface area contributed by atoms with Crippen molar-refractivity contribution >= 4 is 31.3 Å². The molecule has 0 spiro atoms. The molecule has 0 aliphatic rings. The van der Waals surface area contributed by atoms with E-state index < -0.39 is 9.05 Å². The minimum atomic E-state index is -3.69. The zero-order chi connectivity index (χ0) is 12.2. The van der Waals surface area contributed by atoms with Crippen molar-refractivity contribution in [2.45, 2.75) is 11.8 Å². The second-order valence-corrected chi connectivity index (χ2v) is 5.86. The molecule has 0 aromatic heterocycles. The quantitative estimate of drug-likeness (QED) is 0.797. The first-order valence-electron chi connectivity index (χ1n) is 4.38. The Morgan fingerprint density at radius 1 is 1.44 bits per heavy atom. The molecule has 0 aliphatic heterocycles. The molecule has 0 N–H and O–H groups in total. The molecule has 0 bridgehead atoms. The Labute approximate surface area is 104 Å². The molecule has 0 heterocycles. The van der Waals surface area contributed by atoms with Gasteiger partial charge >= 0.3 is 0 Å². The van der Waals surface area contributed by atoms with Gasteiger partial charge in [-0.1, -0.05) is 11.6 Å². The minimum Gasteiger partial charge on any atom is -0.489 e. The van der Waals surface area contributed by atoms with E-state index >= 15 is 0 Å². The van der Waals surface area contributed by atoms with Crippen molar-refractivity contribution < 1.29 is 13.2 Å². The van der Waals surface area contributed by atoms with Crippen molar-refractivity contribution in [2.75, 3.05) is 6.61 Å². The normalized spacial score (nSPS) is 11.9. The van der Waals surface area contributed by atoms with Crippen LogP contribution in [-0.4, -0.2) is 15.0 Å². The Kier molecular flexibility index (Phi) is 4.65. The average Bonchev–Trinajstić information content (AvgIpc) is 2.19. The molecule has 0 aliphatic carbocycles. The van der Waals surface area contributed by atoms with Gasteiger partial charge in [-0.25, -0.2) is 8.42 Å². The van der Waals surface area contributed by atoms with Gasteiger partial charge in [0, 0.05) is 16.2 Å². The summed E-state index contributed by atoms with van der Waals surface area (Å²) in [5.74, 6) is 0.596. The van der Waals surface area contributed by atoms with Gasteiger partial charge in [0.05, 0.1) is 4.90 Å². The summed E-state index contributed by atoms with van der Waals surface area (Å²) in [5.41, 5.74) is 2.05. The van der Waals surface area contributed by atoms with Gasteiger partial charge in [-0.3, -0.25) is 0 Å². The minimum absolute atomic E-state index is 0.0619. The van der Waals surface area contributed by atoms with Gasteiger partial charge < -0.3 is 4.74 Å². The zero-order valence-electron chi connectivity index (χ0n) is 8.48. The number of rotatable bonds is 4. The molecule has 88 valence electrons. The van der Waals surface area contributed by atoms with Crippen molar-refractivity contribution in [3.8, 4) is 5.75 Å². The highest BCUT2D eigenvalue weighted by molar-refractivity contribution is 8.13. The maximum atomic E-state index is 11.1. The molecule has 0 fully saturated rings. The lowest BCUT2D eigenvalue weighted by atomic mass is 10.2. The summed E-state index contributed by atoms with van der Waals surface area (Å²) >= 11 is 5.34. The predicted octanol–water partition coefficient (Wildman–Crippen LogP) is 3.05. The Morgan fingerprint density at radius 2 is 2.12 bits per heavy atom. The summed E-state index contributed by atoms with van der Waals surface area (Å²) in [4.78, 5) is 0.0619. The smallest absolute Gasteiger partial charge is 0.261 e. The van der Waals surface area contributed by atoms with Crippen LogP contribution in [-0.2, 0) is 9.05 Å². The predicted molar refractivity (Wildman–Crippen MR) is 64.7 cm³/mol. The maximum Gasteiger partial charge on any atom is 0.261 e. The van der Waals surface area contributed by atoms with E-state index in [0.29, 0.717) is 17.9 Å². The van der Waals surface area contributed by atoms with Crippen LogP contribution in [0.2, 0.25) is 0 Å². The highest BCUT2D eigenvalue weighted by atomic mass is 35.7. The molecule has 0 saturated heterocycles. The number of benzene rings is 1. The highest BCUT2D eigenvalue weighted by Crippen LogP contribution is 2.23. The molecule has 0 radical (unpaired) electrons. The summed E-state index contributed by atoms with van der Waals surface area (Å²) in [6.07, 6.45) is 1.63. The molecule has 0 amide bonds. The first-order valence-corrected chi connectivity index (χ1v) is 7.13. The van der Waals surface area contributed by atoms with E-state index in [1.807, 2.05) is 0 Å². The Hall–Kier alpha value is -0.710. The summed E-state index contributed by atoms with van der Waals surface area (Å²) in [6.45, 7) is 2.07. The molecule has 1 aromatic carbocycles. The van der Waals surface area contributed by atoms with E-state index in [-0.39, 0.29) is 4.90 Å². The van der Waals surface area contributed by atoms with E-state index in [1.54, 1.807) is 19.1 Å². The zero-order valence-corrected chi connectivity index (χ0v) is 10.8. The van der Waals surface area contributed by atoms with Gasteiger partial charge in [-0.05, 0) is 36.8 Å². The van der Waals surface area contributed by atoms with E-state index in [4.69, 9.17) is 27.0 Å². The van der Waals surface area contributed by atoms with Gasteiger partial charge in [0.1, 0.15) is 12.4 Å². The second-order valence-electron chi connectivity index (χ2n) is 3.04. The first-order chi connectivity index (χ1) is 7.45. The lowest BCUT2D eigenvalue weighted by molar-refractivity contribution is 0.360. The number of aryl methyl sites for hydroxylation is 1. The lowest BCUT2D eigenvalue weighted by Crippen LogP contribution is -1.97. The standard InChI is InChI=1S/C10H10Cl2O3S/c1-8-7-9(16(12,13)14)3-4-10(8)15-6-2-5-11/h2-5,7H,6H2,1H3/b5-2+. The number of hydrogen-bond acceptors (Lipinski definition) is 3. The van der Waals surface area contributed by atoms with Crippen LogP contribution >= 0.6 is 22.3 Å². The van der Waals surface area contributed by atoms with Gasteiger partial charge in [0.15, 0.2) is 0 Å². The topological polar surface area (TPSA) is 43.4 Å². The van der Waals surface area contributed by atoms with Crippen LogP contribution in [0, 0.1) is 6.92 Å². The number of halogens is 2. The SMILES string of the molecule is Cc1cc(S(=O)(=O)Cl)ccc1OC/C=C/Cl. The summed E-state index contributed by atoms with van der Waals surface area (Å²) in [6, 6.07) is 4.42. The van der Waals surface area contributed by atoms with Gasteiger partial charge in [-0.2, -0.15) is 0 Å². The van der Waals surface area contributed by atoms with Crippen molar-refractivity contribution in [2.24, 2.45) is 0 Å². The summed E-state index contributed by atoms with van der Waals surface area (Å²) < 4.78 is 27.4. The highest BCUT2D eigenvalue weighted by Gasteiger charge is 2.11. The van der Waals surface area contributed by atoms with E-state index in [1.165, 1.54) is 17.7 Å². The largest absolute Gasteiger partial charge is 0.489 e. The number of ether oxygens (including phenoxy) is 1. The molecule has 3 nitrogen and oxygen atoms in total. The average molecular weight is 281 g/mol. The van der Waals surface area contributed by atoms with Gasteiger partial charge in [0.2, 0.25) is 0 Å². The summed E-state index contributed by atoms with van der Waals surface area (Å²) in [7, 11) is 1.53. The van der Waals surface area contributed by atoms with Crippen molar-refractivity contribution in [1.82, 2.24) is 0 Å². The van der Waals surface area contributed by atoms with Crippen LogP contribution < -0.4 is 4.74 Å². The third-order valence-corrected chi connectivity index (χ3v) is 3.38. The fourth-order valence-electron chi connectivity index (χ4n) is 1.11. The van der Waals surface area contributed by atoms with Crippen molar-refractivity contribution in [1.29, 1.82) is 0 Å². The van der Waals surface area contributed by atoms with Crippen LogP contribution in [0.25, 0.3) is 0 Å². The summed E-state index contributed by atoms with van der Waals surface area (Å²) in [5, 5.41) is 0. The fraction of sp³-hybridized carbons (Fsp3) is 0.200. The molecule has 6 heteroatoms. The molecule has 1 rings (SSSR count). The third kappa shape index (κ3) is 3.70. The van der Waals surface area contributed by atoms with E-state index in [2.05, 4.69) is 0 Å². The number of hydrogen-bond donors (Lipinski definition) is 0. The van der Waals surface area contributed by atoms with E-state index in [9.17, 15) is 8.42 Å². The van der Waals surface area contributed by atoms with E-state index in [0.717, 1.165) is 0 Å². The van der Waals surface area contributed by atoms with Crippen LogP contribution in [0.1, 0.15) is 5.56 Å². The molecule has 0 atom stereocenters. The van der Waals surface area contributed by atoms with Crippen LogP contribution in [0.5, 0.6) is 5.75 Å². The third-order valence-electron chi connectivity index (χ3n) is 1.85. The van der Waals surface area contributed by atoms with Gasteiger partial charge in [0.25, 0.3) is 9.05 Å².